The van der Waals surface area contributed by atoms with Gasteiger partial charge in [-0.15, -0.1) is 0 Å². The van der Waals surface area contributed by atoms with E-state index in [0.717, 1.165) is 11.5 Å². The standard InChI is InChI=1S/C6H8N2S3/c7-3-1-5-9-11-10-6-2-4-8/h1-2,5-6H2. The molecular weight excluding hydrogens is 196 g/mol. The lowest BCUT2D eigenvalue weighted by atomic mass is 10.6. The number of hydrogen-bond donors (Lipinski definition) is 0. The van der Waals surface area contributed by atoms with Crippen LogP contribution in [0.5, 0.6) is 0 Å². The molecule has 0 saturated heterocycles. The number of nitriles is 2. The van der Waals surface area contributed by atoms with Crippen molar-refractivity contribution in [3.8, 4) is 12.1 Å². The summed E-state index contributed by atoms with van der Waals surface area (Å²) in [6.07, 6.45) is 1.22. The Morgan fingerprint density at radius 3 is 1.73 bits per heavy atom. The van der Waals surface area contributed by atoms with Crippen LogP contribution in [0, 0.1) is 22.7 Å². The average Bonchev–Trinajstić information content (AvgIpc) is 2.03. The number of rotatable bonds is 6. The molecule has 0 N–H and O–H groups in total. The van der Waals surface area contributed by atoms with E-state index in [4.69, 9.17) is 10.5 Å². The number of hydrogen-bond acceptors (Lipinski definition) is 5. The summed E-state index contributed by atoms with van der Waals surface area (Å²) in [5, 5.41) is 16.4. The van der Waals surface area contributed by atoms with Crippen molar-refractivity contribution < 1.29 is 0 Å². The van der Waals surface area contributed by atoms with Gasteiger partial charge in [0.25, 0.3) is 0 Å². The molecule has 0 heterocycles. The highest BCUT2D eigenvalue weighted by Crippen LogP contribution is 2.34. The normalized spacial score (nSPS) is 8.55. The van der Waals surface area contributed by atoms with Crippen LogP contribution in [0.15, 0.2) is 0 Å². The van der Waals surface area contributed by atoms with Crippen LogP contribution in [0.2, 0.25) is 0 Å². The van der Waals surface area contributed by atoms with E-state index in [-0.39, 0.29) is 0 Å². The van der Waals surface area contributed by atoms with Crippen molar-refractivity contribution in [3.05, 3.63) is 0 Å². The van der Waals surface area contributed by atoms with Gasteiger partial charge < -0.3 is 0 Å². The summed E-state index contributed by atoms with van der Waals surface area (Å²) >= 11 is 0. The molecule has 0 radical (unpaired) electrons. The largest absolute Gasteiger partial charge is 0.198 e. The van der Waals surface area contributed by atoms with Crippen LogP contribution in [0.25, 0.3) is 0 Å². The smallest absolute Gasteiger partial charge is 0.0630 e. The molecule has 0 aromatic heterocycles. The lowest BCUT2D eigenvalue weighted by Gasteiger charge is -1.93. The van der Waals surface area contributed by atoms with E-state index >= 15 is 0 Å². The third-order valence-electron chi connectivity index (χ3n) is 0.691. The second kappa shape index (κ2) is 10.0. The topological polar surface area (TPSA) is 47.6 Å². The molecule has 60 valence electrons. The molecule has 11 heavy (non-hydrogen) atoms. The summed E-state index contributed by atoms with van der Waals surface area (Å²) in [6.45, 7) is 0. The SMILES string of the molecule is N#CCCSSSCCC#N. The van der Waals surface area contributed by atoms with Crippen molar-refractivity contribution in [2.45, 2.75) is 12.8 Å². The van der Waals surface area contributed by atoms with Gasteiger partial charge in [-0.3, -0.25) is 0 Å². The van der Waals surface area contributed by atoms with E-state index in [0.29, 0.717) is 12.8 Å². The molecule has 0 unspecified atom stereocenters. The third-order valence-corrected chi connectivity index (χ3v) is 4.93. The first-order chi connectivity index (χ1) is 5.41. The fourth-order valence-electron chi connectivity index (χ4n) is 0.277. The van der Waals surface area contributed by atoms with E-state index in [1.165, 1.54) is 0 Å². The molecule has 0 atom stereocenters. The van der Waals surface area contributed by atoms with Crippen molar-refractivity contribution in [2.75, 3.05) is 11.5 Å². The molecule has 0 spiro atoms. The van der Waals surface area contributed by atoms with Crippen molar-refractivity contribution in [3.63, 3.8) is 0 Å². The lowest BCUT2D eigenvalue weighted by Crippen LogP contribution is -1.71. The van der Waals surface area contributed by atoms with Gasteiger partial charge in [0, 0.05) is 24.3 Å². The highest BCUT2D eigenvalue weighted by molar-refractivity contribution is 9.09. The van der Waals surface area contributed by atoms with Gasteiger partial charge in [0.1, 0.15) is 0 Å². The molecule has 0 saturated carbocycles. The maximum Gasteiger partial charge on any atom is 0.0630 e. The van der Waals surface area contributed by atoms with Crippen molar-refractivity contribution in [2.24, 2.45) is 0 Å². The van der Waals surface area contributed by atoms with Crippen LogP contribution in [0.4, 0.5) is 0 Å². The minimum atomic E-state index is 0.608. The molecule has 0 aromatic carbocycles. The van der Waals surface area contributed by atoms with Crippen molar-refractivity contribution >= 4 is 31.4 Å². The van der Waals surface area contributed by atoms with Gasteiger partial charge in [0.15, 0.2) is 0 Å². The summed E-state index contributed by atoms with van der Waals surface area (Å²) in [6, 6.07) is 4.15. The fourth-order valence-corrected chi connectivity index (χ4v) is 3.78. The Bertz CT molecular complexity index is 140. The second-order valence-corrected chi connectivity index (χ2v) is 6.00. The zero-order valence-corrected chi connectivity index (χ0v) is 8.40. The summed E-state index contributed by atoms with van der Waals surface area (Å²) in [4.78, 5) is 0. The monoisotopic (exact) mass is 204 g/mol. The highest BCUT2D eigenvalue weighted by atomic mass is 33.5. The molecule has 5 heteroatoms. The predicted molar refractivity (Wildman–Crippen MR) is 53.0 cm³/mol. The zero-order valence-electron chi connectivity index (χ0n) is 5.95. The maximum absolute atomic E-state index is 8.18. The van der Waals surface area contributed by atoms with Crippen LogP contribution < -0.4 is 0 Å². The molecular formula is C6H8N2S3. The van der Waals surface area contributed by atoms with Gasteiger partial charge in [-0.05, 0) is 9.83 Å². The molecule has 0 aliphatic heterocycles. The van der Waals surface area contributed by atoms with E-state index in [2.05, 4.69) is 12.1 Å². The molecule has 0 fully saturated rings. The molecule has 0 bridgehead atoms. The summed E-state index contributed by atoms with van der Waals surface area (Å²) in [5.74, 6) is 1.75. The second-order valence-electron chi connectivity index (χ2n) is 1.53. The highest BCUT2D eigenvalue weighted by Gasteiger charge is 1.90. The van der Waals surface area contributed by atoms with Gasteiger partial charge in [0.2, 0.25) is 0 Å². The van der Waals surface area contributed by atoms with Gasteiger partial charge in [-0.2, -0.15) is 10.5 Å². The average molecular weight is 204 g/mol. The number of nitrogens with zero attached hydrogens (tertiary/aromatic N) is 2. The fraction of sp³-hybridized carbons (Fsp3) is 0.667. The Labute approximate surface area is 78.5 Å². The quantitative estimate of drug-likeness (QED) is 0.492. The Kier molecular flexibility index (Phi) is 10.1. The Hall–Kier alpha value is 0.0300. The zero-order chi connectivity index (χ0) is 8.36. The van der Waals surface area contributed by atoms with Crippen LogP contribution in [-0.4, -0.2) is 11.5 Å². The Morgan fingerprint density at radius 1 is 0.909 bits per heavy atom. The Morgan fingerprint density at radius 2 is 1.36 bits per heavy atom. The van der Waals surface area contributed by atoms with Crippen LogP contribution >= 0.6 is 31.4 Å². The van der Waals surface area contributed by atoms with Crippen LogP contribution in [-0.2, 0) is 0 Å². The third kappa shape index (κ3) is 10.0. The molecule has 2 nitrogen and oxygen atoms in total. The van der Waals surface area contributed by atoms with Gasteiger partial charge >= 0.3 is 0 Å². The minimum Gasteiger partial charge on any atom is -0.198 e. The minimum absolute atomic E-state index is 0.608. The van der Waals surface area contributed by atoms with Crippen molar-refractivity contribution in [1.82, 2.24) is 0 Å². The van der Waals surface area contributed by atoms with Gasteiger partial charge in [0.05, 0.1) is 12.1 Å². The first kappa shape index (κ1) is 11.0. The summed E-state index contributed by atoms with van der Waals surface area (Å²) in [7, 11) is 5.02. The van der Waals surface area contributed by atoms with Crippen LogP contribution in [0.1, 0.15) is 12.8 Å². The molecule has 0 aromatic rings. The van der Waals surface area contributed by atoms with Crippen molar-refractivity contribution in [1.29, 1.82) is 10.5 Å². The van der Waals surface area contributed by atoms with Gasteiger partial charge in [-0.25, -0.2) is 0 Å². The van der Waals surface area contributed by atoms with Crippen LogP contribution in [0.3, 0.4) is 0 Å². The van der Waals surface area contributed by atoms with Gasteiger partial charge in [-0.1, -0.05) is 21.6 Å². The Balaban J connectivity index is 2.82. The lowest BCUT2D eigenvalue weighted by molar-refractivity contribution is 1.25. The molecule has 0 aliphatic carbocycles. The van der Waals surface area contributed by atoms with E-state index in [1.807, 2.05) is 0 Å². The summed E-state index contributed by atoms with van der Waals surface area (Å²) < 4.78 is 0. The van der Waals surface area contributed by atoms with E-state index in [9.17, 15) is 0 Å². The predicted octanol–water partition coefficient (Wildman–Crippen LogP) is 2.84. The maximum atomic E-state index is 8.18. The molecule has 0 amide bonds. The first-order valence-corrected chi connectivity index (χ1v) is 6.89. The summed E-state index contributed by atoms with van der Waals surface area (Å²) in [5.41, 5.74) is 0. The van der Waals surface area contributed by atoms with E-state index in [1.54, 1.807) is 31.4 Å². The van der Waals surface area contributed by atoms with E-state index < -0.39 is 0 Å². The molecule has 0 rings (SSSR count). The molecule has 0 aliphatic rings. The first-order valence-electron chi connectivity index (χ1n) is 3.07.